The summed E-state index contributed by atoms with van der Waals surface area (Å²) in [7, 11) is 0. The fraction of sp³-hybridized carbons (Fsp3) is 0.429. The maximum atomic E-state index is 10.3. The van der Waals surface area contributed by atoms with Crippen LogP contribution < -0.4 is 0 Å². The first-order valence-corrected chi connectivity index (χ1v) is 7.00. The van der Waals surface area contributed by atoms with E-state index in [0.29, 0.717) is 16.0 Å². The summed E-state index contributed by atoms with van der Waals surface area (Å²) in [5, 5.41) is 11.4. The van der Waals surface area contributed by atoms with Crippen molar-refractivity contribution < 1.29 is 5.11 Å². The number of fused-ring (bicyclic) bond motifs is 3. The fourth-order valence-electron chi connectivity index (χ4n) is 2.85. The van der Waals surface area contributed by atoms with Crippen LogP contribution in [0.25, 0.3) is 6.08 Å². The van der Waals surface area contributed by atoms with Crippen molar-refractivity contribution in [3.63, 3.8) is 0 Å². The Hall–Kier alpha value is -0.700. The number of aliphatic hydroxyl groups is 1. The molecule has 3 aliphatic rings. The summed E-state index contributed by atoms with van der Waals surface area (Å²) in [5.41, 5.74) is 2.02. The Kier molecular flexibility index (Phi) is 3.27. The average Bonchev–Trinajstić information content (AvgIpc) is 2.38. The van der Waals surface area contributed by atoms with Gasteiger partial charge in [0, 0.05) is 18.8 Å². The molecule has 3 heterocycles. The predicted octanol–water partition coefficient (Wildman–Crippen LogP) is 3.42. The molecule has 3 fully saturated rings. The van der Waals surface area contributed by atoms with Crippen molar-refractivity contribution in [1.82, 2.24) is 4.90 Å². The Labute approximate surface area is 117 Å². The summed E-state index contributed by atoms with van der Waals surface area (Å²) in [6, 6.07) is 5.56. The zero-order valence-corrected chi connectivity index (χ0v) is 11.5. The number of hydrogen-bond donors (Lipinski definition) is 1. The van der Waals surface area contributed by atoms with Crippen LogP contribution >= 0.6 is 23.2 Å². The molecular weight excluding hydrogens is 269 g/mol. The molecule has 3 saturated heterocycles. The molecule has 2 nitrogen and oxygen atoms in total. The van der Waals surface area contributed by atoms with Crippen LogP contribution in [0.4, 0.5) is 0 Å². The monoisotopic (exact) mass is 283 g/mol. The lowest BCUT2D eigenvalue weighted by Gasteiger charge is -2.45. The van der Waals surface area contributed by atoms with Gasteiger partial charge >= 0.3 is 0 Å². The van der Waals surface area contributed by atoms with Crippen molar-refractivity contribution in [2.45, 2.75) is 18.9 Å². The number of piperidine rings is 3. The highest BCUT2D eigenvalue weighted by Crippen LogP contribution is 2.36. The van der Waals surface area contributed by atoms with Crippen molar-refractivity contribution in [2.24, 2.45) is 5.92 Å². The van der Waals surface area contributed by atoms with Gasteiger partial charge in [-0.3, -0.25) is 0 Å². The fourth-order valence-corrected chi connectivity index (χ4v) is 3.16. The average molecular weight is 284 g/mol. The van der Waals surface area contributed by atoms with Crippen molar-refractivity contribution in [1.29, 1.82) is 0 Å². The molecule has 4 heteroatoms. The summed E-state index contributed by atoms with van der Waals surface area (Å²) in [6.07, 6.45) is 3.89. The van der Waals surface area contributed by atoms with Gasteiger partial charge in [-0.15, -0.1) is 0 Å². The molecule has 1 aromatic carbocycles. The van der Waals surface area contributed by atoms with Gasteiger partial charge in [-0.25, -0.2) is 0 Å². The van der Waals surface area contributed by atoms with E-state index in [-0.39, 0.29) is 6.10 Å². The first-order chi connectivity index (χ1) is 8.65. The molecule has 1 aromatic rings. The summed E-state index contributed by atoms with van der Waals surface area (Å²) < 4.78 is 0. The number of nitrogens with zero attached hydrogens (tertiary/aromatic N) is 1. The number of halogens is 2. The lowest BCUT2D eigenvalue weighted by atomic mass is 9.83. The van der Waals surface area contributed by atoms with Crippen molar-refractivity contribution in [3.8, 4) is 0 Å². The molecule has 3 aliphatic heterocycles. The van der Waals surface area contributed by atoms with E-state index < -0.39 is 0 Å². The molecule has 4 rings (SSSR count). The van der Waals surface area contributed by atoms with E-state index in [4.69, 9.17) is 23.2 Å². The van der Waals surface area contributed by atoms with Gasteiger partial charge in [0.05, 0.1) is 16.1 Å². The van der Waals surface area contributed by atoms with Crippen LogP contribution in [0.5, 0.6) is 0 Å². The van der Waals surface area contributed by atoms with Gasteiger partial charge in [0.15, 0.2) is 0 Å². The van der Waals surface area contributed by atoms with Gasteiger partial charge in [0.1, 0.15) is 0 Å². The number of benzene rings is 1. The van der Waals surface area contributed by atoms with Crippen LogP contribution in [-0.4, -0.2) is 29.2 Å². The largest absolute Gasteiger partial charge is 0.387 e. The third-order valence-corrected chi connectivity index (χ3v) is 4.65. The molecule has 1 atom stereocenters. The minimum Gasteiger partial charge on any atom is -0.387 e. The molecule has 0 radical (unpaired) electrons. The first kappa shape index (κ1) is 12.3. The van der Waals surface area contributed by atoms with Crippen LogP contribution in [0.1, 0.15) is 18.4 Å². The predicted molar refractivity (Wildman–Crippen MR) is 74.7 cm³/mol. The Bertz CT molecular complexity index is 489. The summed E-state index contributed by atoms with van der Waals surface area (Å²) >= 11 is 11.9. The van der Waals surface area contributed by atoms with E-state index in [2.05, 4.69) is 4.90 Å². The molecule has 0 aromatic heterocycles. The molecule has 18 heavy (non-hydrogen) atoms. The van der Waals surface area contributed by atoms with Gasteiger partial charge < -0.3 is 10.0 Å². The molecule has 0 unspecified atom stereocenters. The zero-order valence-electron chi connectivity index (χ0n) is 9.94. The van der Waals surface area contributed by atoms with Crippen LogP contribution in [0, 0.1) is 5.92 Å². The van der Waals surface area contributed by atoms with E-state index in [9.17, 15) is 5.11 Å². The van der Waals surface area contributed by atoms with Gasteiger partial charge in [-0.2, -0.15) is 0 Å². The zero-order chi connectivity index (χ0) is 12.7. The van der Waals surface area contributed by atoms with Gasteiger partial charge in [0.25, 0.3) is 0 Å². The van der Waals surface area contributed by atoms with E-state index >= 15 is 0 Å². The van der Waals surface area contributed by atoms with Gasteiger partial charge in [-0.1, -0.05) is 29.3 Å². The maximum Gasteiger partial charge on any atom is 0.0965 e. The molecule has 0 saturated carbocycles. The molecular formula is C14H15Cl2NO. The number of hydrogen-bond acceptors (Lipinski definition) is 2. The van der Waals surface area contributed by atoms with Crippen LogP contribution in [0.2, 0.25) is 10.0 Å². The van der Waals surface area contributed by atoms with E-state index in [1.165, 1.54) is 0 Å². The second-order valence-corrected chi connectivity index (χ2v) is 5.83. The van der Waals surface area contributed by atoms with Crippen molar-refractivity contribution in [3.05, 3.63) is 39.5 Å². The van der Waals surface area contributed by atoms with Crippen LogP contribution in [0.3, 0.4) is 0 Å². The van der Waals surface area contributed by atoms with E-state index in [1.54, 1.807) is 6.07 Å². The molecule has 0 aliphatic carbocycles. The smallest absolute Gasteiger partial charge is 0.0965 e. The van der Waals surface area contributed by atoms with Crippen LogP contribution in [-0.2, 0) is 0 Å². The highest BCUT2D eigenvalue weighted by molar-refractivity contribution is 6.42. The molecule has 2 bridgehead atoms. The molecule has 96 valence electrons. The normalized spacial score (nSPS) is 29.1. The second kappa shape index (κ2) is 4.76. The minimum atomic E-state index is -0.332. The van der Waals surface area contributed by atoms with Crippen LogP contribution in [0.15, 0.2) is 23.9 Å². The minimum absolute atomic E-state index is 0.332. The second-order valence-electron chi connectivity index (χ2n) is 5.01. The lowest BCUT2D eigenvalue weighted by Crippen LogP contribution is -2.48. The summed E-state index contributed by atoms with van der Waals surface area (Å²) in [4.78, 5) is 2.27. The number of aliphatic hydroxyl groups excluding tert-OH is 1. The molecule has 0 amide bonds. The van der Waals surface area contributed by atoms with Gasteiger partial charge in [0.2, 0.25) is 0 Å². The maximum absolute atomic E-state index is 10.3. The number of rotatable bonds is 1. The SMILES string of the molecule is O[C@H]1/C(=C/c2ccc(Cl)c(Cl)c2)N2CCC1CC2. The van der Waals surface area contributed by atoms with Gasteiger partial charge in [-0.05, 0) is 42.5 Å². The van der Waals surface area contributed by atoms with E-state index in [1.807, 2.05) is 18.2 Å². The van der Waals surface area contributed by atoms with E-state index in [0.717, 1.165) is 37.2 Å². The third-order valence-electron chi connectivity index (χ3n) is 3.91. The Morgan fingerprint density at radius 1 is 1.17 bits per heavy atom. The molecule has 1 N–H and O–H groups in total. The third kappa shape index (κ3) is 2.13. The Morgan fingerprint density at radius 3 is 2.50 bits per heavy atom. The summed E-state index contributed by atoms with van der Waals surface area (Å²) in [5.74, 6) is 0.420. The topological polar surface area (TPSA) is 23.5 Å². The Balaban J connectivity index is 1.93. The highest BCUT2D eigenvalue weighted by Gasteiger charge is 2.36. The lowest BCUT2D eigenvalue weighted by molar-refractivity contribution is 0.0215. The summed E-state index contributed by atoms with van der Waals surface area (Å²) in [6.45, 7) is 2.10. The van der Waals surface area contributed by atoms with Crippen molar-refractivity contribution >= 4 is 29.3 Å². The quantitative estimate of drug-likeness (QED) is 0.854. The highest BCUT2D eigenvalue weighted by atomic mass is 35.5. The van der Waals surface area contributed by atoms with Crippen molar-refractivity contribution in [2.75, 3.05) is 13.1 Å². The first-order valence-electron chi connectivity index (χ1n) is 6.25. The molecule has 0 spiro atoms. The standard InChI is InChI=1S/C14H15Cl2NO/c15-11-2-1-9(7-12(11)16)8-13-14(18)10-3-5-17(13)6-4-10/h1-2,7-8,10,14,18H,3-6H2/b13-8-/t14-/m1/s1. The Morgan fingerprint density at radius 2 is 1.89 bits per heavy atom.